The van der Waals surface area contributed by atoms with Crippen LogP contribution in [-0.4, -0.2) is 66.7 Å². The number of nitriles is 1. The van der Waals surface area contributed by atoms with Crippen LogP contribution in [-0.2, 0) is 27.1 Å². The van der Waals surface area contributed by atoms with Crippen LogP contribution in [0.2, 0.25) is 0 Å². The highest BCUT2D eigenvalue weighted by atomic mass is 19.1. The number of fused-ring (bicyclic) bond motifs is 1. The second-order valence-corrected chi connectivity index (χ2v) is 12.9. The second kappa shape index (κ2) is 12.7. The van der Waals surface area contributed by atoms with Crippen molar-refractivity contribution in [2.45, 2.75) is 25.9 Å². The molecule has 0 spiro atoms. The van der Waals surface area contributed by atoms with Gasteiger partial charge in [-0.3, -0.25) is 24.1 Å². The third kappa shape index (κ3) is 5.96. The van der Waals surface area contributed by atoms with Crippen LogP contribution >= 0.6 is 0 Å². The minimum atomic E-state index is -0.497. The Kier molecular flexibility index (Phi) is 8.26. The predicted molar refractivity (Wildman–Crippen MR) is 183 cm³/mol. The van der Waals surface area contributed by atoms with Gasteiger partial charge in [0.15, 0.2) is 0 Å². The van der Waals surface area contributed by atoms with E-state index in [2.05, 4.69) is 22.1 Å². The van der Waals surface area contributed by atoms with E-state index in [1.807, 2.05) is 34.6 Å². The molecule has 0 radical (unpaired) electrons. The highest BCUT2D eigenvalue weighted by Crippen LogP contribution is 2.35. The van der Waals surface area contributed by atoms with Crippen molar-refractivity contribution in [3.8, 4) is 23.1 Å². The molecule has 49 heavy (non-hydrogen) atoms. The third-order valence-electron chi connectivity index (χ3n) is 9.74. The van der Waals surface area contributed by atoms with E-state index in [9.17, 15) is 20.0 Å². The lowest BCUT2D eigenvalue weighted by Crippen LogP contribution is -2.55. The zero-order valence-electron chi connectivity index (χ0n) is 27.5. The third-order valence-corrected chi connectivity index (χ3v) is 9.74. The number of aromatic nitrogens is 3. The maximum Gasteiger partial charge on any atom is 0.264 e. The number of likely N-dealkylation sites (tertiary alicyclic amines) is 1. The number of carbonyl (C=O) groups is 2. The van der Waals surface area contributed by atoms with E-state index in [-0.39, 0.29) is 29.5 Å². The summed E-state index contributed by atoms with van der Waals surface area (Å²) in [5, 5.41) is 23.5. The van der Waals surface area contributed by atoms with Gasteiger partial charge in [0.05, 0.1) is 29.4 Å². The molecule has 11 heteroatoms. The average Bonchev–Trinajstić information content (AvgIpc) is 3.64. The molecule has 10 nitrogen and oxygen atoms in total. The number of hydrogen-bond donors (Lipinski definition) is 1. The van der Waals surface area contributed by atoms with E-state index >= 15 is 4.39 Å². The number of anilines is 2. The van der Waals surface area contributed by atoms with Gasteiger partial charge in [-0.15, -0.1) is 0 Å². The van der Waals surface area contributed by atoms with Gasteiger partial charge in [0.1, 0.15) is 11.6 Å². The Labute approximate surface area is 283 Å². The molecular formula is C38H36FN7O3. The molecule has 2 amide bonds. The van der Waals surface area contributed by atoms with Gasteiger partial charge in [0.2, 0.25) is 0 Å². The molecule has 1 N–H and O–H groups in total. The topological polar surface area (TPSA) is 111 Å². The Morgan fingerprint density at radius 1 is 1.00 bits per heavy atom. The van der Waals surface area contributed by atoms with Gasteiger partial charge in [-0.25, -0.2) is 4.39 Å². The number of aryl methyl sites for hydroxylation is 1. The fourth-order valence-electron chi connectivity index (χ4n) is 6.96. The zero-order valence-corrected chi connectivity index (χ0v) is 27.5. The van der Waals surface area contributed by atoms with Crippen LogP contribution in [0.25, 0.3) is 11.3 Å². The number of rotatable bonds is 7. The largest absolute Gasteiger partial charge is 0.508 e. The number of carbonyl (C=O) groups excluding carboxylic acids is 2. The number of halogens is 1. The van der Waals surface area contributed by atoms with Crippen LogP contribution < -0.4 is 4.90 Å². The van der Waals surface area contributed by atoms with Crippen molar-refractivity contribution in [3.63, 3.8) is 0 Å². The van der Waals surface area contributed by atoms with Gasteiger partial charge in [0.25, 0.3) is 11.8 Å². The number of aromatic hydroxyl groups is 1. The predicted octanol–water partition coefficient (Wildman–Crippen LogP) is 5.58. The molecule has 3 aromatic carbocycles. The minimum Gasteiger partial charge on any atom is -0.508 e. The molecule has 2 aromatic heterocycles. The quantitative estimate of drug-likeness (QED) is 0.245. The Morgan fingerprint density at radius 2 is 1.73 bits per heavy atom. The summed E-state index contributed by atoms with van der Waals surface area (Å²) in [5.74, 6) is -0.994. The molecule has 5 aromatic rings. The summed E-state index contributed by atoms with van der Waals surface area (Å²) in [7, 11) is 3.56. The zero-order chi connectivity index (χ0) is 34.4. The molecule has 4 heterocycles. The molecule has 2 aliphatic heterocycles. The summed E-state index contributed by atoms with van der Waals surface area (Å²) in [6, 6.07) is 22.5. The standard InChI is InChI=1S/C38H36FN7O3/c1-24-34(38(49)46(31-18-41-42(2)22-31)29-9-11-32(47)12-10-29)16-36(43(24)3)35-15-28(39)8-13-33(35)37(48)45-21-27-7-5-4-6-26(27)14-30(45)23-44-19-25(17-40)20-44/h4-13,15-16,18,22,25,30,47H,14,19-21,23H2,1-3H3/t30-/m0/s1. The van der Waals surface area contributed by atoms with Gasteiger partial charge in [-0.2, -0.15) is 10.4 Å². The lowest BCUT2D eigenvalue weighted by atomic mass is 9.91. The number of nitrogens with zero attached hydrogens (tertiary/aromatic N) is 7. The number of hydrogen-bond acceptors (Lipinski definition) is 6. The Balaban J connectivity index is 1.26. The van der Waals surface area contributed by atoms with Crippen LogP contribution in [0.4, 0.5) is 15.8 Å². The average molecular weight is 658 g/mol. The Morgan fingerprint density at radius 3 is 2.43 bits per heavy atom. The van der Waals surface area contributed by atoms with Gasteiger partial charge >= 0.3 is 0 Å². The molecule has 0 unspecified atom stereocenters. The van der Waals surface area contributed by atoms with Crippen molar-refractivity contribution in [1.82, 2.24) is 24.1 Å². The van der Waals surface area contributed by atoms with Crippen molar-refractivity contribution in [2.24, 2.45) is 20.0 Å². The molecule has 1 saturated heterocycles. The molecule has 2 aliphatic rings. The highest BCUT2D eigenvalue weighted by Gasteiger charge is 2.36. The molecule has 248 valence electrons. The molecule has 1 atom stereocenters. The van der Waals surface area contributed by atoms with E-state index in [1.54, 1.807) is 49.4 Å². The molecule has 0 saturated carbocycles. The maximum atomic E-state index is 15.0. The highest BCUT2D eigenvalue weighted by molar-refractivity contribution is 6.12. The first-order valence-electron chi connectivity index (χ1n) is 16.2. The number of phenolic OH excluding ortho intramolecular Hbond substituents is 1. The van der Waals surface area contributed by atoms with Crippen LogP contribution in [0.15, 0.2) is 85.2 Å². The first-order valence-corrected chi connectivity index (χ1v) is 16.2. The van der Waals surface area contributed by atoms with Crippen LogP contribution in [0.3, 0.4) is 0 Å². The molecule has 7 rings (SSSR count). The van der Waals surface area contributed by atoms with E-state index in [4.69, 9.17) is 0 Å². The Hall–Kier alpha value is -5.73. The second-order valence-electron chi connectivity index (χ2n) is 12.9. The van der Waals surface area contributed by atoms with Crippen molar-refractivity contribution < 1.29 is 19.1 Å². The van der Waals surface area contributed by atoms with Crippen molar-refractivity contribution >= 4 is 23.2 Å². The van der Waals surface area contributed by atoms with Crippen LogP contribution in [0.5, 0.6) is 5.75 Å². The van der Waals surface area contributed by atoms with Gasteiger partial charge in [-0.1, -0.05) is 24.3 Å². The first-order chi connectivity index (χ1) is 23.6. The van der Waals surface area contributed by atoms with E-state index < -0.39 is 5.82 Å². The summed E-state index contributed by atoms with van der Waals surface area (Å²) >= 11 is 0. The van der Waals surface area contributed by atoms with Crippen molar-refractivity contribution in [2.75, 3.05) is 24.5 Å². The normalized spacial score (nSPS) is 16.1. The molecule has 0 bridgehead atoms. The number of benzene rings is 3. The van der Waals surface area contributed by atoms with Crippen molar-refractivity contribution in [1.29, 1.82) is 5.26 Å². The van der Waals surface area contributed by atoms with Gasteiger partial charge in [-0.05, 0) is 73.0 Å². The van der Waals surface area contributed by atoms with Crippen LogP contribution in [0.1, 0.15) is 37.5 Å². The van der Waals surface area contributed by atoms with E-state index in [0.717, 1.165) is 5.56 Å². The Bertz CT molecular complexity index is 2110. The summed E-state index contributed by atoms with van der Waals surface area (Å²) < 4.78 is 18.4. The number of amides is 2. The maximum absolute atomic E-state index is 15.0. The summed E-state index contributed by atoms with van der Waals surface area (Å²) in [6.45, 7) is 4.22. The fourth-order valence-corrected chi connectivity index (χ4v) is 6.96. The minimum absolute atomic E-state index is 0.00401. The summed E-state index contributed by atoms with van der Waals surface area (Å²) in [6.07, 6.45) is 3.98. The van der Waals surface area contributed by atoms with Crippen LogP contribution in [0, 0.1) is 30.0 Å². The monoisotopic (exact) mass is 657 g/mol. The summed E-state index contributed by atoms with van der Waals surface area (Å²) in [5.41, 5.74) is 5.57. The van der Waals surface area contributed by atoms with Gasteiger partial charge < -0.3 is 14.6 Å². The fraction of sp³-hybridized carbons (Fsp3) is 0.263. The number of phenols is 1. The SMILES string of the molecule is Cc1c(C(=O)N(c2ccc(O)cc2)c2cnn(C)c2)cc(-c2cc(F)ccc2C(=O)N2Cc3ccccc3C[C@H]2CN2CC(C#N)C2)n1C. The lowest BCUT2D eigenvalue weighted by Gasteiger charge is -2.43. The summed E-state index contributed by atoms with van der Waals surface area (Å²) in [4.78, 5) is 34.6. The molecular weight excluding hydrogens is 621 g/mol. The molecule has 1 fully saturated rings. The lowest BCUT2D eigenvalue weighted by molar-refractivity contribution is 0.0468. The smallest absolute Gasteiger partial charge is 0.264 e. The van der Waals surface area contributed by atoms with Crippen molar-refractivity contribution in [3.05, 3.63) is 119 Å². The van der Waals surface area contributed by atoms with E-state index in [0.29, 0.717) is 72.1 Å². The van der Waals surface area contributed by atoms with E-state index in [1.165, 1.54) is 40.8 Å². The molecule has 0 aliphatic carbocycles. The first kappa shape index (κ1) is 31.8. The van der Waals surface area contributed by atoms with Gasteiger partial charge in [0, 0.05) is 80.7 Å².